The first-order chi connectivity index (χ1) is 8.84. The molecule has 18 heavy (non-hydrogen) atoms. The highest BCUT2D eigenvalue weighted by Gasteiger charge is 2.15. The fraction of sp³-hybridized carbons (Fsp3) is 0.0667. The van der Waals surface area contributed by atoms with Crippen molar-refractivity contribution in [1.82, 2.24) is 5.32 Å². The van der Waals surface area contributed by atoms with Crippen LogP contribution in [0, 0.1) is 0 Å². The Hall–Kier alpha value is -1.93. The van der Waals surface area contributed by atoms with Crippen molar-refractivity contribution in [2.45, 2.75) is 6.54 Å². The zero-order valence-corrected chi connectivity index (χ0v) is 10.3. The van der Waals surface area contributed by atoms with Crippen LogP contribution in [0.3, 0.4) is 0 Å². The van der Waals surface area contributed by atoms with Crippen molar-refractivity contribution in [3.63, 3.8) is 0 Å². The lowest BCUT2D eigenvalue weighted by atomic mass is 10.0. The molecule has 1 aliphatic rings. The molecule has 4 rings (SSSR count). The predicted octanol–water partition coefficient (Wildman–Crippen LogP) is 4.31. The molecule has 88 valence electrons. The minimum Gasteiger partial charge on any atom is -0.454 e. The zero-order chi connectivity index (χ0) is 12.1. The number of hydrogen-bond donors (Lipinski definition) is 1. The van der Waals surface area contributed by atoms with Gasteiger partial charge in [-0.1, -0.05) is 35.9 Å². The molecule has 0 spiro atoms. The van der Waals surface area contributed by atoms with Crippen LogP contribution in [-0.2, 0) is 6.54 Å². The van der Waals surface area contributed by atoms with Crippen LogP contribution in [0.15, 0.2) is 40.9 Å². The second kappa shape index (κ2) is 3.53. The van der Waals surface area contributed by atoms with Crippen molar-refractivity contribution in [3.05, 3.63) is 52.7 Å². The molecular formula is C15H10ClNO. The van der Waals surface area contributed by atoms with Crippen molar-refractivity contribution < 1.29 is 4.42 Å². The van der Waals surface area contributed by atoms with Gasteiger partial charge in [-0.05, 0) is 23.9 Å². The third kappa shape index (κ3) is 1.24. The van der Waals surface area contributed by atoms with E-state index < -0.39 is 0 Å². The molecule has 3 heteroatoms. The predicted molar refractivity (Wildman–Crippen MR) is 74.6 cm³/mol. The second-order valence-electron chi connectivity index (χ2n) is 4.45. The Morgan fingerprint density at radius 3 is 2.89 bits per heavy atom. The summed E-state index contributed by atoms with van der Waals surface area (Å²) in [5.41, 5.74) is 4.10. The maximum absolute atomic E-state index is 6.19. The molecule has 1 aromatic heterocycles. The lowest BCUT2D eigenvalue weighted by Crippen LogP contribution is -2.09. The van der Waals surface area contributed by atoms with Gasteiger partial charge in [-0.3, -0.25) is 0 Å². The molecule has 0 aliphatic carbocycles. The summed E-state index contributed by atoms with van der Waals surface area (Å²) in [6, 6.07) is 10.1. The fourth-order valence-electron chi connectivity index (χ4n) is 2.54. The number of para-hydroxylation sites is 1. The first-order valence-corrected chi connectivity index (χ1v) is 6.25. The number of fused-ring (bicyclic) bond motifs is 5. The SMILES string of the molecule is Clc1cccc2c1oc1c3c(ccc12)CNC=C3. The lowest BCUT2D eigenvalue weighted by Gasteiger charge is -2.11. The highest BCUT2D eigenvalue weighted by molar-refractivity contribution is 6.35. The second-order valence-corrected chi connectivity index (χ2v) is 4.86. The van der Waals surface area contributed by atoms with Crippen molar-refractivity contribution >= 4 is 39.6 Å². The van der Waals surface area contributed by atoms with Gasteiger partial charge in [0.15, 0.2) is 5.58 Å². The van der Waals surface area contributed by atoms with Crippen LogP contribution < -0.4 is 5.32 Å². The van der Waals surface area contributed by atoms with Gasteiger partial charge in [0.25, 0.3) is 0 Å². The van der Waals surface area contributed by atoms with Gasteiger partial charge in [0.1, 0.15) is 5.58 Å². The molecule has 0 radical (unpaired) electrons. The third-order valence-corrected chi connectivity index (χ3v) is 3.71. The van der Waals surface area contributed by atoms with Crippen LogP contribution in [0.1, 0.15) is 11.1 Å². The van der Waals surface area contributed by atoms with Crippen LogP contribution in [0.5, 0.6) is 0 Å². The number of furan rings is 1. The number of halogens is 1. The number of benzene rings is 2. The zero-order valence-electron chi connectivity index (χ0n) is 9.53. The molecule has 0 fully saturated rings. The fourth-order valence-corrected chi connectivity index (χ4v) is 2.75. The molecule has 0 amide bonds. The highest BCUT2D eigenvalue weighted by atomic mass is 35.5. The van der Waals surface area contributed by atoms with Gasteiger partial charge in [0.2, 0.25) is 0 Å². The maximum Gasteiger partial charge on any atom is 0.154 e. The molecule has 0 atom stereocenters. The average molecular weight is 256 g/mol. The molecule has 0 saturated carbocycles. The van der Waals surface area contributed by atoms with E-state index in [-0.39, 0.29) is 0 Å². The molecule has 2 heterocycles. The number of nitrogens with one attached hydrogen (secondary N) is 1. The first kappa shape index (κ1) is 10.0. The normalized spacial score (nSPS) is 13.8. The summed E-state index contributed by atoms with van der Waals surface area (Å²) in [5, 5.41) is 6.06. The molecule has 0 unspecified atom stereocenters. The standard InChI is InChI=1S/C15H10ClNO/c16-13-3-1-2-11-12-5-4-9-8-17-7-6-10(9)14(12)18-15(11)13/h1-7,17H,8H2. The molecule has 2 nitrogen and oxygen atoms in total. The van der Waals surface area contributed by atoms with Gasteiger partial charge in [0, 0.05) is 22.9 Å². The molecule has 1 N–H and O–H groups in total. The van der Waals surface area contributed by atoms with Crippen LogP contribution in [0.2, 0.25) is 5.02 Å². The van der Waals surface area contributed by atoms with Gasteiger partial charge in [-0.15, -0.1) is 0 Å². The van der Waals surface area contributed by atoms with Gasteiger partial charge in [-0.2, -0.15) is 0 Å². The molecule has 2 aromatic carbocycles. The molecule has 0 saturated heterocycles. The monoisotopic (exact) mass is 255 g/mol. The maximum atomic E-state index is 6.19. The van der Waals surface area contributed by atoms with Crippen LogP contribution >= 0.6 is 11.6 Å². The summed E-state index contributed by atoms with van der Waals surface area (Å²) in [6.45, 7) is 0.840. The van der Waals surface area contributed by atoms with E-state index in [1.54, 1.807) is 0 Å². The number of hydrogen-bond acceptors (Lipinski definition) is 2. The lowest BCUT2D eigenvalue weighted by molar-refractivity contribution is 0.666. The van der Waals surface area contributed by atoms with E-state index in [2.05, 4.69) is 23.5 Å². The minimum absolute atomic E-state index is 0.662. The van der Waals surface area contributed by atoms with E-state index in [0.717, 1.165) is 34.0 Å². The number of rotatable bonds is 0. The Labute approximate surface area is 109 Å². The molecule has 3 aromatic rings. The summed E-state index contributed by atoms with van der Waals surface area (Å²) in [7, 11) is 0. The van der Waals surface area contributed by atoms with Crippen LogP contribution in [-0.4, -0.2) is 0 Å². The van der Waals surface area contributed by atoms with E-state index in [1.165, 1.54) is 5.56 Å². The third-order valence-electron chi connectivity index (χ3n) is 3.41. The van der Waals surface area contributed by atoms with E-state index in [4.69, 9.17) is 16.0 Å². The summed E-state index contributed by atoms with van der Waals surface area (Å²) >= 11 is 6.19. The van der Waals surface area contributed by atoms with E-state index in [0.29, 0.717) is 5.02 Å². The Balaban J connectivity index is 2.22. The van der Waals surface area contributed by atoms with Gasteiger partial charge < -0.3 is 9.73 Å². The summed E-state index contributed by atoms with van der Waals surface area (Å²) < 4.78 is 5.97. The van der Waals surface area contributed by atoms with E-state index in [9.17, 15) is 0 Å². The molecular weight excluding hydrogens is 246 g/mol. The Kier molecular flexibility index (Phi) is 1.97. The average Bonchev–Trinajstić information content (AvgIpc) is 2.79. The Morgan fingerprint density at radius 1 is 1.06 bits per heavy atom. The molecule has 1 aliphatic heterocycles. The quantitative estimate of drug-likeness (QED) is 0.647. The largest absolute Gasteiger partial charge is 0.454 e. The topological polar surface area (TPSA) is 25.2 Å². The van der Waals surface area contributed by atoms with Gasteiger partial charge >= 0.3 is 0 Å². The Bertz CT molecular complexity index is 801. The summed E-state index contributed by atoms with van der Waals surface area (Å²) in [5.74, 6) is 0. The van der Waals surface area contributed by atoms with Crippen LogP contribution in [0.4, 0.5) is 0 Å². The summed E-state index contributed by atoms with van der Waals surface area (Å²) in [6.07, 6.45) is 4.01. The van der Waals surface area contributed by atoms with Crippen LogP contribution in [0.25, 0.3) is 28.0 Å². The smallest absolute Gasteiger partial charge is 0.154 e. The first-order valence-electron chi connectivity index (χ1n) is 5.87. The highest BCUT2D eigenvalue weighted by Crippen LogP contribution is 2.36. The summed E-state index contributed by atoms with van der Waals surface area (Å²) in [4.78, 5) is 0. The molecule has 0 bridgehead atoms. The Morgan fingerprint density at radius 2 is 1.94 bits per heavy atom. The van der Waals surface area contributed by atoms with Crippen molar-refractivity contribution in [2.75, 3.05) is 0 Å². The van der Waals surface area contributed by atoms with Crippen molar-refractivity contribution in [1.29, 1.82) is 0 Å². The van der Waals surface area contributed by atoms with Crippen molar-refractivity contribution in [2.24, 2.45) is 0 Å². The van der Waals surface area contributed by atoms with E-state index >= 15 is 0 Å². The van der Waals surface area contributed by atoms with Crippen molar-refractivity contribution in [3.8, 4) is 0 Å². The van der Waals surface area contributed by atoms with Gasteiger partial charge in [-0.25, -0.2) is 0 Å². The van der Waals surface area contributed by atoms with E-state index in [1.807, 2.05) is 24.4 Å². The van der Waals surface area contributed by atoms with Gasteiger partial charge in [0.05, 0.1) is 5.02 Å². The minimum atomic E-state index is 0.662.